The standard InChI is InChI=1S/3C18H36.C8H9NO5S.C5H9NO2S.C3H7NOS.CH5N.H3NO/c3*1-2-4-6-8-10-12-14-16-18-17-15-13-11-9-7-5-3-1;1-5(10)15-4-8(13)14-9-6(11)2-3-7(9)12;1-4(7)9-3-5(8)6-2;1-4-3(5)2-6;2*1-2/h3*1-18H2;2-4H2,1H3;3H2,1-2H3,(H,6,8);6H,2H2,1H3,(H,4,5);2H2,1H3;2H,1H2. The van der Waals surface area contributed by atoms with Crippen LogP contribution in [-0.2, 0) is 38.4 Å². The van der Waals surface area contributed by atoms with Gasteiger partial charge in [-0.25, -0.2) is 10.7 Å². The first kappa shape index (κ1) is 92.2. The fourth-order valence-corrected chi connectivity index (χ4v) is 11.8. The number of hydroxylamine groups is 2. The smallest absolute Gasteiger partial charge is 0.343 e. The number of rotatable bonds is 6. The topological polar surface area (TPSA) is 228 Å². The molecule has 1 aliphatic heterocycles. The highest BCUT2D eigenvalue weighted by Crippen LogP contribution is 2.21. The lowest BCUT2D eigenvalue weighted by Gasteiger charge is -2.11. The number of carbonyl (C=O) groups is 7. The number of nitrogens with one attached hydrogen (secondary N) is 2. The summed E-state index contributed by atoms with van der Waals surface area (Å²) in [5.74, 6) is 1.81. The minimum Gasteiger partial charge on any atom is -0.358 e. The molecule has 1 heterocycles. The molecule has 1 saturated heterocycles. The lowest BCUT2D eigenvalue weighted by atomic mass is 10.0. The Morgan fingerprint density at radius 2 is 0.523 bits per heavy atom. The highest BCUT2D eigenvalue weighted by molar-refractivity contribution is 8.14. The third-order valence-electron chi connectivity index (χ3n) is 16.2. The van der Waals surface area contributed by atoms with Crippen LogP contribution >= 0.6 is 36.2 Å². The molecule has 0 aromatic heterocycles. The molecule has 0 radical (unpaired) electrons. The number of thiol groups is 1. The quantitative estimate of drug-likeness (QED) is 0.0827. The van der Waals surface area contributed by atoms with Crippen LogP contribution in [0.25, 0.3) is 0 Å². The summed E-state index contributed by atoms with van der Waals surface area (Å²) in [4.78, 5) is 78.8. The third kappa shape index (κ3) is 79.9. The number of hydrogen-bond donors (Lipinski definition) is 6. The molecule has 4 amide bonds. The Balaban J connectivity index is -0.000000488. The molecule has 3 aliphatic carbocycles. The number of thioether (sulfide) groups is 2. The van der Waals surface area contributed by atoms with Crippen molar-refractivity contribution in [3.8, 4) is 0 Å². The predicted molar refractivity (Wildman–Crippen MR) is 381 cm³/mol. The van der Waals surface area contributed by atoms with Crippen LogP contribution < -0.4 is 22.3 Å². The number of hydrogen-bond acceptors (Lipinski definition) is 14. The summed E-state index contributed by atoms with van der Waals surface area (Å²) >= 11 is 5.46. The number of carbonyl (C=O) groups excluding carboxylic acids is 7. The van der Waals surface area contributed by atoms with Gasteiger partial charge in [-0.3, -0.25) is 28.8 Å². The summed E-state index contributed by atoms with van der Waals surface area (Å²) in [5, 5.41) is 11.5. The van der Waals surface area contributed by atoms with Crippen molar-refractivity contribution >= 4 is 76.0 Å². The van der Waals surface area contributed by atoms with E-state index in [1.165, 1.54) is 368 Å². The Kier molecular flexibility index (Phi) is 84.8. The Bertz CT molecular complexity index is 1200. The van der Waals surface area contributed by atoms with Crippen LogP contribution in [0.15, 0.2) is 0 Å². The van der Waals surface area contributed by atoms with E-state index in [0.717, 1.165) is 23.5 Å². The first-order chi connectivity index (χ1) is 43.0. The van der Waals surface area contributed by atoms with Gasteiger partial charge >= 0.3 is 5.97 Å². The van der Waals surface area contributed by atoms with Gasteiger partial charge in [0.1, 0.15) is 5.75 Å². The van der Waals surface area contributed by atoms with Gasteiger partial charge in [0.25, 0.3) is 11.8 Å². The van der Waals surface area contributed by atoms with Gasteiger partial charge in [-0.05, 0) is 7.05 Å². The van der Waals surface area contributed by atoms with E-state index in [0.29, 0.717) is 5.06 Å². The van der Waals surface area contributed by atoms with Crippen molar-refractivity contribution in [1.82, 2.24) is 15.7 Å². The van der Waals surface area contributed by atoms with Gasteiger partial charge in [0.15, 0.2) is 10.2 Å². The highest BCUT2D eigenvalue weighted by atomic mass is 32.2. The molecule has 0 aromatic carbocycles. The fourth-order valence-electron chi connectivity index (χ4n) is 10.8. The van der Waals surface area contributed by atoms with Crippen molar-refractivity contribution < 1.29 is 43.6 Å². The van der Waals surface area contributed by atoms with Crippen LogP contribution in [0.3, 0.4) is 0 Å². The van der Waals surface area contributed by atoms with E-state index >= 15 is 0 Å². The van der Waals surface area contributed by atoms with Crippen LogP contribution in [0.5, 0.6) is 0 Å². The molecule has 0 spiro atoms. The average Bonchev–Trinajstić information content (AvgIpc) is 4.12. The van der Waals surface area contributed by atoms with Crippen molar-refractivity contribution in [3.63, 3.8) is 0 Å². The summed E-state index contributed by atoms with van der Waals surface area (Å²) in [5.41, 5.74) is 4.50. The molecule has 0 aromatic rings. The van der Waals surface area contributed by atoms with Crippen molar-refractivity contribution in [3.05, 3.63) is 0 Å². The van der Waals surface area contributed by atoms with E-state index in [9.17, 15) is 33.6 Å². The molecule has 0 atom stereocenters. The molecule has 7 N–H and O–H groups in total. The van der Waals surface area contributed by atoms with E-state index in [4.69, 9.17) is 5.21 Å². The maximum atomic E-state index is 11.1. The molecule has 4 aliphatic rings. The molecule has 3 saturated carbocycles. The summed E-state index contributed by atoms with van der Waals surface area (Å²) in [6.45, 7) is 2.75. The molecule has 14 nitrogen and oxygen atoms in total. The van der Waals surface area contributed by atoms with E-state index in [1.54, 1.807) is 14.1 Å². The van der Waals surface area contributed by atoms with Crippen LogP contribution in [0, 0.1) is 0 Å². The van der Waals surface area contributed by atoms with E-state index < -0.39 is 17.8 Å². The van der Waals surface area contributed by atoms with Crippen LogP contribution in [-0.4, -0.2) is 88.5 Å². The minimum atomic E-state index is -0.779. The maximum absolute atomic E-state index is 11.1. The van der Waals surface area contributed by atoms with Gasteiger partial charge in [-0.2, -0.15) is 12.6 Å². The van der Waals surface area contributed by atoms with Gasteiger partial charge in [-0.1, -0.05) is 370 Å². The summed E-state index contributed by atoms with van der Waals surface area (Å²) in [6.07, 6.45) is 81.1. The van der Waals surface area contributed by atoms with Crippen LogP contribution in [0.2, 0.25) is 0 Å². The molecule has 0 unspecified atom stereocenters. The summed E-state index contributed by atoms with van der Waals surface area (Å²) in [6, 6.07) is 0. The molecule has 17 heteroatoms. The molecule has 4 fully saturated rings. The third-order valence-corrected chi connectivity index (χ3v) is 18.1. The Morgan fingerprint density at radius 3 is 0.648 bits per heavy atom. The van der Waals surface area contributed by atoms with Crippen molar-refractivity contribution in [2.75, 3.05) is 38.4 Å². The van der Waals surface area contributed by atoms with Gasteiger partial charge < -0.3 is 26.4 Å². The normalized spacial score (nSPS) is 18.9. The number of amides is 4. The van der Waals surface area contributed by atoms with Crippen molar-refractivity contribution in [2.45, 2.75) is 373 Å². The molecular weight excluding hydrogens is 1160 g/mol. The molecule has 88 heavy (non-hydrogen) atoms. The van der Waals surface area contributed by atoms with E-state index in [2.05, 4.69) is 39.7 Å². The minimum absolute atomic E-state index is 0.0291. The Labute approximate surface area is 555 Å². The van der Waals surface area contributed by atoms with Gasteiger partial charge in [0.05, 0.1) is 11.5 Å². The Morgan fingerprint density at radius 1 is 0.364 bits per heavy atom. The number of nitrogens with zero attached hydrogens (tertiary/aromatic N) is 1. The second-order valence-corrected chi connectivity index (χ2v) is 26.8. The number of imide groups is 1. The van der Waals surface area contributed by atoms with E-state index in [1.807, 2.05) is 0 Å². The van der Waals surface area contributed by atoms with Gasteiger partial charge in [0.2, 0.25) is 11.8 Å². The zero-order chi connectivity index (χ0) is 65.9. The van der Waals surface area contributed by atoms with Crippen molar-refractivity contribution in [2.24, 2.45) is 11.6 Å². The summed E-state index contributed by atoms with van der Waals surface area (Å²) < 4.78 is 0. The molecule has 0 bridgehead atoms. The lowest BCUT2D eigenvalue weighted by Crippen LogP contribution is -2.32. The SMILES string of the molecule is C1CCCCCCCCCCCCCCCCC1.C1CCCCCCCCCCCCCCCCC1.C1CCCCCCCCCCCCCCCCC1.CC(=O)SCC(=O)ON1C(=O)CCC1=O.CN.CNC(=O)CS.CNC(=O)CSC(C)=O.NO. The predicted octanol–water partition coefficient (Wildman–Crippen LogP) is 19.5. The Hall–Kier alpha value is -2.18. The van der Waals surface area contributed by atoms with Crippen molar-refractivity contribution in [1.29, 1.82) is 0 Å². The summed E-state index contributed by atoms with van der Waals surface area (Å²) in [7, 11) is 4.63. The largest absolute Gasteiger partial charge is 0.358 e. The van der Waals surface area contributed by atoms with Gasteiger partial charge in [-0.15, -0.1) is 5.06 Å². The first-order valence-electron chi connectivity index (χ1n) is 36.2. The molecule has 522 valence electrons. The van der Waals surface area contributed by atoms with E-state index in [-0.39, 0.29) is 52.1 Å². The second kappa shape index (κ2) is 80.9. The van der Waals surface area contributed by atoms with Crippen LogP contribution in [0.4, 0.5) is 0 Å². The zero-order valence-corrected chi connectivity index (χ0v) is 60.3. The zero-order valence-electron chi connectivity index (χ0n) is 57.8. The maximum Gasteiger partial charge on any atom is 0.343 e. The van der Waals surface area contributed by atoms with Crippen LogP contribution in [0.1, 0.15) is 373 Å². The molecule has 4 rings (SSSR count). The number of nitrogens with two attached hydrogens (primary N) is 2. The average molecular weight is 1310 g/mol. The molecular formula is C71H141N5O9S3. The fraction of sp³-hybridized carbons (Fsp3) is 0.901. The highest BCUT2D eigenvalue weighted by Gasteiger charge is 2.32. The van der Waals surface area contributed by atoms with Gasteiger partial charge in [0, 0.05) is 40.8 Å². The first-order valence-corrected chi connectivity index (χ1v) is 38.8. The second-order valence-electron chi connectivity index (χ2n) is 24.2. The monoisotopic (exact) mass is 1300 g/mol. The lowest BCUT2D eigenvalue weighted by molar-refractivity contribution is -0.195.